The Morgan fingerprint density at radius 2 is 2.04 bits per heavy atom. The highest BCUT2D eigenvalue weighted by Crippen LogP contribution is 2.62. The lowest BCUT2D eigenvalue weighted by atomic mass is 9.68. The van der Waals surface area contributed by atoms with E-state index >= 15 is 0 Å². The molecule has 1 amide bonds. The Balaban J connectivity index is 1.77. The zero-order valence-electron chi connectivity index (χ0n) is 16.8. The number of nitrogens with one attached hydrogen (secondary N) is 1. The second-order valence-electron chi connectivity index (χ2n) is 9.24. The highest BCUT2D eigenvalue weighted by atomic mass is 16.1. The van der Waals surface area contributed by atoms with Crippen LogP contribution in [0.3, 0.4) is 0 Å². The molecule has 3 rings (SSSR count). The minimum Gasteiger partial charge on any atom is -0.374 e. The summed E-state index contributed by atoms with van der Waals surface area (Å²) in [6.07, 6.45) is 4.93. The molecule has 0 aromatic heterocycles. The lowest BCUT2D eigenvalue weighted by molar-refractivity contribution is 0.0737. The predicted molar refractivity (Wildman–Crippen MR) is 105 cm³/mol. The Kier molecular flexibility index (Phi) is 4.63. The number of carbonyl (C=O) groups is 1. The number of rotatable bonds is 5. The molecule has 1 aromatic rings. The van der Waals surface area contributed by atoms with Gasteiger partial charge in [-0.3, -0.25) is 4.79 Å². The van der Waals surface area contributed by atoms with Crippen molar-refractivity contribution in [1.82, 2.24) is 5.32 Å². The summed E-state index contributed by atoms with van der Waals surface area (Å²) < 4.78 is 0. The fourth-order valence-corrected chi connectivity index (χ4v) is 5.56. The topological polar surface area (TPSA) is 32.3 Å². The van der Waals surface area contributed by atoms with Crippen molar-refractivity contribution in [2.45, 2.75) is 66.3 Å². The average molecular weight is 343 g/mol. The monoisotopic (exact) mass is 342 g/mol. The highest BCUT2D eigenvalue weighted by molar-refractivity contribution is 5.95. The minimum atomic E-state index is 0.0830. The van der Waals surface area contributed by atoms with E-state index in [9.17, 15) is 4.79 Å². The van der Waals surface area contributed by atoms with E-state index in [2.05, 4.69) is 57.9 Å². The number of fused-ring (bicyclic) bond motifs is 2. The van der Waals surface area contributed by atoms with Crippen LogP contribution in [0.15, 0.2) is 18.2 Å². The summed E-state index contributed by atoms with van der Waals surface area (Å²) in [6.45, 7) is 12.3. The molecule has 1 aromatic carbocycles. The van der Waals surface area contributed by atoms with Crippen LogP contribution in [0.2, 0.25) is 0 Å². The predicted octanol–water partition coefficient (Wildman–Crippen LogP) is 4.79. The summed E-state index contributed by atoms with van der Waals surface area (Å²) in [6, 6.07) is 6.38. The number of hydrogen-bond acceptors (Lipinski definition) is 2. The van der Waals surface area contributed by atoms with Crippen LogP contribution in [-0.4, -0.2) is 25.5 Å². The molecule has 2 aliphatic rings. The Morgan fingerprint density at radius 1 is 1.32 bits per heavy atom. The van der Waals surface area contributed by atoms with Crippen LogP contribution >= 0.6 is 0 Å². The summed E-state index contributed by atoms with van der Waals surface area (Å²) in [5.74, 6) is 0.828. The lowest BCUT2D eigenvalue weighted by Gasteiger charge is -2.43. The number of nitrogens with zero attached hydrogens (tertiary/aromatic N) is 1. The summed E-state index contributed by atoms with van der Waals surface area (Å²) in [5, 5.41) is 3.41. The van der Waals surface area contributed by atoms with Gasteiger partial charge in [0, 0.05) is 30.9 Å². The number of hydrogen-bond donors (Lipinski definition) is 1. The standard InChI is InChI=1S/C22H34N2O/c1-7-12-24(6)18-9-8-16(13-15(18)2)19(25)23-20-21(3,4)17-10-11-22(20,5)14-17/h8-9,13,17,20H,7,10-12,14H2,1-6H3,(H,23,25)/t17?,20?,22-/m1/s1. The van der Waals surface area contributed by atoms with Crippen molar-refractivity contribution in [3.05, 3.63) is 29.3 Å². The number of carbonyl (C=O) groups excluding carboxylic acids is 1. The van der Waals surface area contributed by atoms with Crippen molar-refractivity contribution in [3.8, 4) is 0 Å². The molecule has 3 nitrogen and oxygen atoms in total. The van der Waals surface area contributed by atoms with Crippen molar-refractivity contribution in [2.24, 2.45) is 16.7 Å². The molecular formula is C22H34N2O. The third-order valence-corrected chi connectivity index (χ3v) is 6.97. The molecule has 3 heteroatoms. The third-order valence-electron chi connectivity index (χ3n) is 6.97. The fraction of sp³-hybridized carbons (Fsp3) is 0.682. The third kappa shape index (κ3) is 3.07. The van der Waals surface area contributed by atoms with E-state index in [4.69, 9.17) is 0 Å². The second kappa shape index (κ2) is 6.34. The molecule has 0 heterocycles. The van der Waals surface area contributed by atoms with Crippen LogP contribution < -0.4 is 10.2 Å². The number of amides is 1. The number of benzene rings is 1. The molecule has 0 aliphatic heterocycles. The van der Waals surface area contributed by atoms with E-state index < -0.39 is 0 Å². The first-order valence-corrected chi connectivity index (χ1v) is 9.81. The SMILES string of the molecule is CCCN(C)c1ccc(C(=O)NC2C(C)(C)C3CC[C@]2(C)C3)cc1C. The highest BCUT2D eigenvalue weighted by Gasteiger charge is 2.59. The van der Waals surface area contributed by atoms with Gasteiger partial charge in [0.2, 0.25) is 0 Å². The summed E-state index contributed by atoms with van der Waals surface area (Å²) in [4.78, 5) is 15.2. The minimum absolute atomic E-state index is 0.0830. The molecule has 2 fully saturated rings. The van der Waals surface area contributed by atoms with Crippen LogP contribution in [0.5, 0.6) is 0 Å². The van der Waals surface area contributed by atoms with Gasteiger partial charge in [0.25, 0.3) is 5.91 Å². The van der Waals surface area contributed by atoms with Crippen molar-refractivity contribution in [1.29, 1.82) is 0 Å². The van der Waals surface area contributed by atoms with Gasteiger partial charge in [-0.2, -0.15) is 0 Å². The quantitative estimate of drug-likeness (QED) is 0.835. The molecule has 2 bridgehead atoms. The molecule has 2 saturated carbocycles. The van der Waals surface area contributed by atoms with Gasteiger partial charge in [0.15, 0.2) is 0 Å². The van der Waals surface area contributed by atoms with Gasteiger partial charge in [-0.15, -0.1) is 0 Å². The molecule has 2 unspecified atom stereocenters. The Bertz CT molecular complexity index is 661. The Labute approximate surface area is 153 Å². The Morgan fingerprint density at radius 3 is 2.60 bits per heavy atom. The summed E-state index contributed by atoms with van der Waals surface area (Å²) in [7, 11) is 2.12. The number of anilines is 1. The largest absolute Gasteiger partial charge is 0.374 e. The molecule has 1 N–H and O–H groups in total. The summed E-state index contributed by atoms with van der Waals surface area (Å²) in [5.41, 5.74) is 3.63. The van der Waals surface area contributed by atoms with Crippen molar-refractivity contribution >= 4 is 11.6 Å². The molecule has 0 radical (unpaired) electrons. The molecule has 0 saturated heterocycles. The molecule has 138 valence electrons. The van der Waals surface area contributed by atoms with E-state index in [0.717, 1.165) is 24.4 Å². The van der Waals surface area contributed by atoms with Gasteiger partial charge in [-0.05, 0) is 73.1 Å². The molecule has 25 heavy (non-hydrogen) atoms. The maximum absolute atomic E-state index is 12.9. The van der Waals surface area contributed by atoms with Crippen molar-refractivity contribution in [3.63, 3.8) is 0 Å². The van der Waals surface area contributed by atoms with Crippen LogP contribution in [0.25, 0.3) is 0 Å². The van der Waals surface area contributed by atoms with Crippen LogP contribution in [0, 0.1) is 23.7 Å². The molecule has 0 spiro atoms. The van der Waals surface area contributed by atoms with E-state index in [1.807, 2.05) is 12.1 Å². The molecule has 2 aliphatic carbocycles. The van der Waals surface area contributed by atoms with Gasteiger partial charge >= 0.3 is 0 Å². The van der Waals surface area contributed by atoms with E-state index in [0.29, 0.717) is 0 Å². The average Bonchev–Trinajstić information content (AvgIpc) is 3.02. The summed E-state index contributed by atoms with van der Waals surface area (Å²) >= 11 is 0. The van der Waals surface area contributed by atoms with E-state index in [1.165, 1.54) is 30.5 Å². The smallest absolute Gasteiger partial charge is 0.251 e. The van der Waals surface area contributed by atoms with E-state index in [1.54, 1.807) is 0 Å². The lowest BCUT2D eigenvalue weighted by Crippen LogP contribution is -2.52. The Hall–Kier alpha value is -1.51. The molecular weight excluding hydrogens is 308 g/mol. The van der Waals surface area contributed by atoms with Crippen LogP contribution in [-0.2, 0) is 0 Å². The molecule has 3 atom stereocenters. The maximum atomic E-state index is 12.9. The normalized spacial score (nSPS) is 29.7. The first-order chi connectivity index (χ1) is 11.7. The first-order valence-electron chi connectivity index (χ1n) is 9.81. The maximum Gasteiger partial charge on any atom is 0.251 e. The second-order valence-corrected chi connectivity index (χ2v) is 9.24. The van der Waals surface area contributed by atoms with Gasteiger partial charge in [-0.1, -0.05) is 27.7 Å². The van der Waals surface area contributed by atoms with Gasteiger partial charge in [0.05, 0.1) is 0 Å². The van der Waals surface area contributed by atoms with Crippen LogP contribution in [0.4, 0.5) is 5.69 Å². The zero-order valence-corrected chi connectivity index (χ0v) is 16.8. The first kappa shape index (κ1) is 18.3. The number of aryl methyl sites for hydroxylation is 1. The van der Waals surface area contributed by atoms with Gasteiger partial charge < -0.3 is 10.2 Å². The van der Waals surface area contributed by atoms with E-state index in [-0.39, 0.29) is 22.8 Å². The zero-order chi connectivity index (χ0) is 18.4. The van der Waals surface area contributed by atoms with Gasteiger partial charge in [0.1, 0.15) is 0 Å². The van der Waals surface area contributed by atoms with Crippen LogP contribution in [0.1, 0.15) is 69.3 Å². The fourth-order valence-electron chi connectivity index (χ4n) is 5.56. The van der Waals surface area contributed by atoms with Crippen molar-refractivity contribution in [2.75, 3.05) is 18.5 Å². The van der Waals surface area contributed by atoms with Crippen molar-refractivity contribution < 1.29 is 4.79 Å². The van der Waals surface area contributed by atoms with Gasteiger partial charge in [-0.25, -0.2) is 0 Å².